The molecule has 4 rings (SSSR count). The van der Waals surface area contributed by atoms with E-state index in [1.807, 2.05) is 31.2 Å². The molecule has 0 fully saturated rings. The van der Waals surface area contributed by atoms with Gasteiger partial charge in [-0.1, -0.05) is 18.2 Å². The van der Waals surface area contributed by atoms with Gasteiger partial charge in [0.2, 0.25) is 0 Å². The largest absolute Gasteiger partial charge is 0.492 e. The Labute approximate surface area is 178 Å². The highest BCUT2D eigenvalue weighted by Gasteiger charge is 2.12. The van der Waals surface area contributed by atoms with Crippen molar-refractivity contribution in [1.29, 1.82) is 0 Å². The lowest BCUT2D eigenvalue weighted by molar-refractivity contribution is 0.105. The summed E-state index contributed by atoms with van der Waals surface area (Å²) in [5.41, 5.74) is 1.97. The van der Waals surface area contributed by atoms with E-state index >= 15 is 0 Å². The van der Waals surface area contributed by atoms with Gasteiger partial charge in [0.15, 0.2) is 0 Å². The molecule has 0 amide bonds. The fraction of sp³-hybridized carbons (Fsp3) is 0.250. The second-order valence-electron chi connectivity index (χ2n) is 7.43. The normalized spacial score (nSPS) is 12.4. The quantitative estimate of drug-likeness (QED) is 0.349. The van der Waals surface area contributed by atoms with Gasteiger partial charge in [-0.05, 0) is 36.8 Å². The smallest absolute Gasteiger partial charge is 0.150 e. The van der Waals surface area contributed by atoms with Crippen molar-refractivity contribution >= 4 is 21.8 Å². The predicted octanol–water partition coefficient (Wildman–Crippen LogP) is 4.32. The first-order valence-corrected chi connectivity index (χ1v) is 10.1. The number of aliphatic hydroxyl groups excluding tert-OH is 1. The zero-order valence-electron chi connectivity index (χ0n) is 17.1. The van der Waals surface area contributed by atoms with Crippen molar-refractivity contribution in [2.45, 2.75) is 13.0 Å². The van der Waals surface area contributed by atoms with Gasteiger partial charge in [0.1, 0.15) is 42.5 Å². The minimum absolute atomic E-state index is 0.0976. The standard InChI is InChI=1S/C24H24F2N2O3/c1-15-4-2-3-5-23(15)30-9-8-27-13-17(29)14-31-18-6-7-19-20-10-16(25)11-21(26)24(20)28-22(19)12-18/h2-7,10-12,17,27-29H,8-9,13-14H2,1H3. The zero-order chi connectivity index (χ0) is 21.8. The molecule has 0 spiro atoms. The Balaban J connectivity index is 1.26. The maximum absolute atomic E-state index is 14.0. The number of para-hydroxylation sites is 1. The Bertz CT molecular complexity index is 1190. The molecular weight excluding hydrogens is 402 g/mol. The predicted molar refractivity (Wildman–Crippen MR) is 117 cm³/mol. The summed E-state index contributed by atoms with van der Waals surface area (Å²) in [6.07, 6.45) is -0.705. The van der Waals surface area contributed by atoms with Crippen molar-refractivity contribution in [1.82, 2.24) is 10.3 Å². The molecule has 4 aromatic rings. The van der Waals surface area contributed by atoms with E-state index in [4.69, 9.17) is 9.47 Å². The molecule has 1 atom stereocenters. The molecule has 0 saturated carbocycles. The Morgan fingerprint density at radius 1 is 1.03 bits per heavy atom. The molecule has 3 aromatic carbocycles. The third kappa shape index (κ3) is 4.95. The fourth-order valence-electron chi connectivity index (χ4n) is 3.47. The average Bonchev–Trinajstić information content (AvgIpc) is 3.11. The zero-order valence-corrected chi connectivity index (χ0v) is 17.1. The van der Waals surface area contributed by atoms with Crippen molar-refractivity contribution in [2.75, 3.05) is 26.3 Å². The number of aromatic amines is 1. The summed E-state index contributed by atoms with van der Waals surface area (Å²) < 4.78 is 38.9. The molecule has 0 aliphatic heterocycles. The number of benzene rings is 3. The number of hydrogen-bond donors (Lipinski definition) is 3. The van der Waals surface area contributed by atoms with Gasteiger partial charge in [-0.2, -0.15) is 0 Å². The van der Waals surface area contributed by atoms with Crippen molar-refractivity contribution in [2.24, 2.45) is 0 Å². The molecule has 31 heavy (non-hydrogen) atoms. The highest BCUT2D eigenvalue weighted by molar-refractivity contribution is 6.07. The van der Waals surface area contributed by atoms with Crippen LogP contribution in [0.1, 0.15) is 5.56 Å². The Morgan fingerprint density at radius 2 is 1.87 bits per heavy atom. The highest BCUT2D eigenvalue weighted by atomic mass is 19.1. The summed E-state index contributed by atoms with van der Waals surface area (Å²) in [6, 6.07) is 15.1. The lowest BCUT2D eigenvalue weighted by Gasteiger charge is -2.14. The molecule has 0 saturated heterocycles. The van der Waals surface area contributed by atoms with Crippen LogP contribution < -0.4 is 14.8 Å². The van der Waals surface area contributed by atoms with Crippen LogP contribution in [-0.2, 0) is 0 Å². The maximum atomic E-state index is 14.0. The van der Waals surface area contributed by atoms with Crippen molar-refractivity contribution in [3.63, 3.8) is 0 Å². The average molecular weight is 426 g/mol. The molecule has 0 aliphatic carbocycles. The number of hydrogen-bond acceptors (Lipinski definition) is 4. The number of fused-ring (bicyclic) bond motifs is 3. The molecule has 0 radical (unpaired) electrons. The Morgan fingerprint density at radius 3 is 2.71 bits per heavy atom. The van der Waals surface area contributed by atoms with E-state index in [1.54, 1.807) is 18.2 Å². The van der Waals surface area contributed by atoms with Gasteiger partial charge in [-0.25, -0.2) is 8.78 Å². The fourth-order valence-corrected chi connectivity index (χ4v) is 3.47. The van der Waals surface area contributed by atoms with Crippen LogP contribution in [0.25, 0.3) is 21.8 Å². The van der Waals surface area contributed by atoms with Crippen LogP contribution in [0.3, 0.4) is 0 Å². The number of aliphatic hydroxyl groups is 1. The summed E-state index contributed by atoms with van der Waals surface area (Å²) in [7, 11) is 0. The number of aromatic nitrogens is 1. The molecule has 1 unspecified atom stereocenters. The molecule has 7 heteroatoms. The van der Waals surface area contributed by atoms with Gasteiger partial charge in [-0.3, -0.25) is 0 Å². The van der Waals surface area contributed by atoms with Crippen LogP contribution >= 0.6 is 0 Å². The molecular formula is C24H24F2N2O3. The van der Waals surface area contributed by atoms with Gasteiger partial charge >= 0.3 is 0 Å². The maximum Gasteiger partial charge on any atom is 0.150 e. The number of H-pyrrole nitrogens is 1. The van der Waals surface area contributed by atoms with E-state index in [1.165, 1.54) is 6.07 Å². The minimum Gasteiger partial charge on any atom is -0.492 e. The number of aryl methyl sites for hydroxylation is 1. The van der Waals surface area contributed by atoms with E-state index in [0.29, 0.717) is 41.7 Å². The number of rotatable bonds is 9. The minimum atomic E-state index is -0.705. The van der Waals surface area contributed by atoms with Crippen LogP contribution in [0, 0.1) is 18.6 Å². The van der Waals surface area contributed by atoms with E-state index in [-0.39, 0.29) is 12.1 Å². The molecule has 0 bridgehead atoms. The van der Waals surface area contributed by atoms with E-state index in [2.05, 4.69) is 10.3 Å². The summed E-state index contributed by atoms with van der Waals surface area (Å²) in [6.45, 7) is 3.53. The topological polar surface area (TPSA) is 66.5 Å². The van der Waals surface area contributed by atoms with Crippen LogP contribution in [-0.4, -0.2) is 42.5 Å². The van der Waals surface area contributed by atoms with Gasteiger partial charge < -0.3 is 24.9 Å². The van der Waals surface area contributed by atoms with Gasteiger partial charge in [0.25, 0.3) is 0 Å². The van der Waals surface area contributed by atoms with E-state index < -0.39 is 17.7 Å². The van der Waals surface area contributed by atoms with Crippen molar-refractivity contribution < 1.29 is 23.4 Å². The van der Waals surface area contributed by atoms with Gasteiger partial charge in [-0.15, -0.1) is 0 Å². The third-order valence-electron chi connectivity index (χ3n) is 5.05. The summed E-state index contributed by atoms with van der Waals surface area (Å²) >= 11 is 0. The summed E-state index contributed by atoms with van der Waals surface area (Å²) in [5, 5.41) is 14.5. The number of nitrogens with one attached hydrogen (secondary N) is 2. The van der Waals surface area contributed by atoms with E-state index in [0.717, 1.165) is 17.4 Å². The van der Waals surface area contributed by atoms with Crippen molar-refractivity contribution in [3.05, 3.63) is 71.8 Å². The highest BCUT2D eigenvalue weighted by Crippen LogP contribution is 2.30. The molecule has 1 aromatic heterocycles. The first-order valence-electron chi connectivity index (χ1n) is 10.1. The molecule has 1 heterocycles. The summed E-state index contributed by atoms with van der Waals surface area (Å²) in [4.78, 5) is 2.96. The lowest BCUT2D eigenvalue weighted by Crippen LogP contribution is -2.33. The number of ether oxygens (including phenoxy) is 2. The molecule has 0 aliphatic rings. The van der Waals surface area contributed by atoms with Crippen LogP contribution in [0.4, 0.5) is 8.78 Å². The second kappa shape index (κ2) is 9.32. The second-order valence-corrected chi connectivity index (χ2v) is 7.43. The SMILES string of the molecule is Cc1ccccc1OCCNCC(O)COc1ccc2c(c1)[nH]c1c(F)cc(F)cc12. The van der Waals surface area contributed by atoms with Gasteiger partial charge in [0, 0.05) is 36.0 Å². The first-order chi connectivity index (χ1) is 15.0. The monoisotopic (exact) mass is 426 g/mol. The molecule has 3 N–H and O–H groups in total. The van der Waals surface area contributed by atoms with Crippen LogP contribution in [0.5, 0.6) is 11.5 Å². The molecule has 5 nitrogen and oxygen atoms in total. The number of halogens is 2. The first kappa shape index (κ1) is 21.1. The molecule has 162 valence electrons. The third-order valence-corrected chi connectivity index (χ3v) is 5.05. The Hall–Kier alpha value is -3.16. The Kier molecular flexibility index (Phi) is 6.34. The van der Waals surface area contributed by atoms with Crippen LogP contribution in [0.2, 0.25) is 0 Å². The summed E-state index contributed by atoms with van der Waals surface area (Å²) in [5.74, 6) is 0.123. The lowest BCUT2D eigenvalue weighted by atomic mass is 10.1. The van der Waals surface area contributed by atoms with Gasteiger partial charge in [0.05, 0.1) is 11.0 Å². The van der Waals surface area contributed by atoms with E-state index in [9.17, 15) is 13.9 Å². The van der Waals surface area contributed by atoms with Crippen LogP contribution in [0.15, 0.2) is 54.6 Å². The van der Waals surface area contributed by atoms with Crippen molar-refractivity contribution in [3.8, 4) is 11.5 Å².